The molecule has 2 aromatic carbocycles. The molecule has 5 rings (SSSR count). The molecule has 2 aliphatic heterocycles. The van der Waals surface area contributed by atoms with E-state index in [1.165, 1.54) is 23.5 Å². The second kappa shape index (κ2) is 9.50. The molecule has 182 valence electrons. The number of nitrogens with two attached hydrogens (primary N) is 1. The summed E-state index contributed by atoms with van der Waals surface area (Å²) in [7, 11) is -3.73. The maximum atomic E-state index is 12.8. The average molecular weight is 512 g/mol. The standard InChI is InChI=1S/C24H25N5O4S2/c25-35(32,33)21-7-3-18(4-8-21)17-1-5-19(6-2-17)29-16-20(15-22(29)30)27-10-12-28(13-11-27)24(31)23-26-9-14-34-23/h1-9,14,20H,10-13,15-16H2,(H2,25,32,33). The van der Waals surface area contributed by atoms with Crippen LogP contribution in [0.3, 0.4) is 0 Å². The van der Waals surface area contributed by atoms with E-state index in [2.05, 4.69) is 9.88 Å². The van der Waals surface area contributed by atoms with Crippen molar-refractivity contribution in [1.82, 2.24) is 14.8 Å². The van der Waals surface area contributed by atoms with E-state index in [4.69, 9.17) is 5.14 Å². The predicted molar refractivity (Wildman–Crippen MR) is 134 cm³/mol. The van der Waals surface area contributed by atoms with Crippen LogP contribution in [-0.2, 0) is 14.8 Å². The quantitative estimate of drug-likeness (QED) is 0.560. The first kappa shape index (κ1) is 23.6. The second-order valence-corrected chi connectivity index (χ2v) is 11.1. The van der Waals surface area contributed by atoms with Crippen molar-refractivity contribution in [3.8, 4) is 11.1 Å². The Hall–Kier alpha value is -3.12. The number of anilines is 1. The van der Waals surface area contributed by atoms with Crippen LogP contribution in [0.4, 0.5) is 5.69 Å². The third kappa shape index (κ3) is 4.98. The summed E-state index contributed by atoms with van der Waals surface area (Å²) in [5.41, 5.74) is 2.61. The Kier molecular flexibility index (Phi) is 6.41. The first-order chi connectivity index (χ1) is 16.8. The molecule has 3 aromatic rings. The minimum absolute atomic E-state index is 0.0249. The number of primary sulfonamides is 1. The van der Waals surface area contributed by atoms with Crippen molar-refractivity contribution in [2.45, 2.75) is 17.4 Å². The molecule has 0 saturated carbocycles. The van der Waals surface area contributed by atoms with Gasteiger partial charge in [0.1, 0.15) is 0 Å². The summed E-state index contributed by atoms with van der Waals surface area (Å²) in [5.74, 6) is 0.0599. The lowest BCUT2D eigenvalue weighted by Gasteiger charge is -2.37. The fourth-order valence-electron chi connectivity index (χ4n) is 4.61. The van der Waals surface area contributed by atoms with E-state index in [0.29, 0.717) is 31.1 Å². The van der Waals surface area contributed by atoms with E-state index in [0.717, 1.165) is 29.9 Å². The van der Waals surface area contributed by atoms with Crippen molar-refractivity contribution in [2.75, 3.05) is 37.6 Å². The third-order valence-corrected chi connectivity index (χ3v) is 8.22. The van der Waals surface area contributed by atoms with E-state index in [-0.39, 0.29) is 22.8 Å². The van der Waals surface area contributed by atoms with Crippen molar-refractivity contribution in [3.05, 3.63) is 65.1 Å². The molecule has 2 saturated heterocycles. The first-order valence-corrected chi connectivity index (χ1v) is 13.7. The topological polar surface area (TPSA) is 117 Å². The molecule has 0 bridgehead atoms. The van der Waals surface area contributed by atoms with E-state index >= 15 is 0 Å². The van der Waals surface area contributed by atoms with Crippen LogP contribution >= 0.6 is 11.3 Å². The van der Waals surface area contributed by atoms with E-state index in [1.807, 2.05) is 34.1 Å². The van der Waals surface area contributed by atoms with Gasteiger partial charge in [-0.15, -0.1) is 11.3 Å². The lowest BCUT2D eigenvalue weighted by Crippen LogP contribution is -2.52. The van der Waals surface area contributed by atoms with Crippen LogP contribution in [0.25, 0.3) is 11.1 Å². The minimum Gasteiger partial charge on any atom is -0.334 e. The number of rotatable bonds is 5. The van der Waals surface area contributed by atoms with Gasteiger partial charge >= 0.3 is 0 Å². The van der Waals surface area contributed by atoms with E-state index < -0.39 is 10.0 Å². The molecule has 1 unspecified atom stereocenters. The Morgan fingerprint density at radius 1 is 0.971 bits per heavy atom. The molecular weight excluding hydrogens is 486 g/mol. The SMILES string of the molecule is NS(=O)(=O)c1ccc(-c2ccc(N3CC(N4CCN(C(=O)c5nccs5)CC4)CC3=O)cc2)cc1. The lowest BCUT2D eigenvalue weighted by molar-refractivity contribution is -0.117. The third-order valence-electron chi connectivity index (χ3n) is 6.53. The number of piperazine rings is 1. The number of hydrogen-bond donors (Lipinski definition) is 1. The van der Waals surface area contributed by atoms with Crippen molar-refractivity contribution >= 4 is 38.9 Å². The minimum atomic E-state index is -3.73. The van der Waals surface area contributed by atoms with Gasteiger partial charge in [0.05, 0.1) is 4.90 Å². The summed E-state index contributed by atoms with van der Waals surface area (Å²) < 4.78 is 22.9. The monoisotopic (exact) mass is 511 g/mol. The molecule has 1 atom stereocenters. The Bertz CT molecular complexity index is 1320. The zero-order valence-corrected chi connectivity index (χ0v) is 20.5. The van der Waals surface area contributed by atoms with Crippen LogP contribution in [0.1, 0.15) is 16.2 Å². The van der Waals surface area contributed by atoms with Gasteiger partial charge in [0.2, 0.25) is 15.9 Å². The zero-order chi connectivity index (χ0) is 24.6. The Morgan fingerprint density at radius 2 is 1.60 bits per heavy atom. The van der Waals surface area contributed by atoms with Gasteiger partial charge in [-0.2, -0.15) is 0 Å². The van der Waals surface area contributed by atoms with Crippen LogP contribution in [0.5, 0.6) is 0 Å². The number of thiazole rings is 1. The molecule has 2 N–H and O–H groups in total. The summed E-state index contributed by atoms with van der Waals surface area (Å²) in [6.07, 6.45) is 2.10. The summed E-state index contributed by atoms with van der Waals surface area (Å²) in [6, 6.07) is 14.2. The van der Waals surface area contributed by atoms with E-state index in [9.17, 15) is 18.0 Å². The molecule has 9 nitrogen and oxygen atoms in total. The van der Waals surface area contributed by atoms with Gasteiger partial charge in [-0.1, -0.05) is 24.3 Å². The maximum Gasteiger partial charge on any atom is 0.282 e. The number of sulfonamides is 1. The van der Waals surface area contributed by atoms with Gasteiger partial charge in [0.25, 0.3) is 5.91 Å². The van der Waals surface area contributed by atoms with Gasteiger partial charge < -0.3 is 9.80 Å². The smallest absolute Gasteiger partial charge is 0.282 e. The number of carbonyl (C=O) groups is 2. The molecular formula is C24H25N5O4S2. The molecule has 0 spiro atoms. The molecule has 35 heavy (non-hydrogen) atoms. The summed E-state index contributed by atoms with van der Waals surface area (Å²) in [6.45, 7) is 3.33. The van der Waals surface area contributed by atoms with Crippen molar-refractivity contribution < 1.29 is 18.0 Å². The van der Waals surface area contributed by atoms with E-state index in [1.54, 1.807) is 23.7 Å². The average Bonchev–Trinajstić information content (AvgIpc) is 3.54. The fourth-order valence-corrected chi connectivity index (χ4v) is 5.73. The van der Waals surface area contributed by atoms with Crippen molar-refractivity contribution in [2.24, 2.45) is 5.14 Å². The molecule has 0 radical (unpaired) electrons. The molecule has 1 aromatic heterocycles. The number of benzene rings is 2. The molecule has 2 amide bonds. The van der Waals surface area contributed by atoms with Gasteiger partial charge in [0, 0.05) is 62.5 Å². The Labute approximate surface area is 207 Å². The Morgan fingerprint density at radius 3 is 2.17 bits per heavy atom. The highest BCUT2D eigenvalue weighted by Crippen LogP contribution is 2.28. The Balaban J connectivity index is 1.20. The first-order valence-electron chi connectivity index (χ1n) is 11.3. The molecule has 2 fully saturated rings. The fraction of sp³-hybridized carbons (Fsp3) is 0.292. The van der Waals surface area contributed by atoms with Crippen LogP contribution in [0.2, 0.25) is 0 Å². The molecule has 3 heterocycles. The van der Waals surface area contributed by atoms with Gasteiger partial charge in [-0.3, -0.25) is 14.5 Å². The number of carbonyl (C=O) groups excluding carboxylic acids is 2. The molecule has 0 aliphatic carbocycles. The van der Waals surface area contributed by atoms with Gasteiger partial charge in [0.15, 0.2) is 5.01 Å². The largest absolute Gasteiger partial charge is 0.334 e. The highest BCUT2D eigenvalue weighted by atomic mass is 32.2. The summed E-state index contributed by atoms with van der Waals surface area (Å²) in [4.78, 5) is 35.5. The predicted octanol–water partition coefficient (Wildman–Crippen LogP) is 2.02. The maximum absolute atomic E-state index is 12.8. The van der Waals surface area contributed by atoms with Gasteiger partial charge in [-0.25, -0.2) is 18.5 Å². The van der Waals surface area contributed by atoms with Crippen molar-refractivity contribution in [3.63, 3.8) is 0 Å². The van der Waals surface area contributed by atoms with Crippen LogP contribution in [0.15, 0.2) is 65.0 Å². The highest BCUT2D eigenvalue weighted by Gasteiger charge is 2.36. The highest BCUT2D eigenvalue weighted by molar-refractivity contribution is 7.89. The number of hydrogen-bond acceptors (Lipinski definition) is 7. The molecule has 2 aliphatic rings. The molecule has 11 heteroatoms. The lowest BCUT2D eigenvalue weighted by atomic mass is 10.1. The normalized spacial score (nSPS) is 19.3. The number of nitrogens with zero attached hydrogens (tertiary/aromatic N) is 4. The number of amides is 2. The van der Waals surface area contributed by atoms with Crippen LogP contribution in [-0.4, -0.2) is 73.8 Å². The summed E-state index contributed by atoms with van der Waals surface area (Å²) in [5, 5.41) is 7.49. The second-order valence-electron chi connectivity index (χ2n) is 8.64. The van der Waals surface area contributed by atoms with Gasteiger partial charge in [-0.05, 0) is 35.4 Å². The van der Waals surface area contributed by atoms with Crippen molar-refractivity contribution in [1.29, 1.82) is 0 Å². The van der Waals surface area contributed by atoms with Crippen LogP contribution < -0.4 is 10.0 Å². The number of aromatic nitrogens is 1. The zero-order valence-electron chi connectivity index (χ0n) is 18.9. The van der Waals surface area contributed by atoms with Crippen LogP contribution in [0, 0.1) is 0 Å². The summed E-state index contributed by atoms with van der Waals surface area (Å²) >= 11 is 1.35.